The van der Waals surface area contributed by atoms with Crippen molar-refractivity contribution in [2.45, 2.75) is 13.0 Å². The molecule has 0 amide bonds. The molecule has 4 nitrogen and oxygen atoms in total. The fourth-order valence-corrected chi connectivity index (χ4v) is 0.827. The maximum Gasteiger partial charge on any atom is 0.352 e. The van der Waals surface area contributed by atoms with Crippen LogP contribution in [0.1, 0.15) is 6.92 Å². The number of esters is 1. The minimum atomic E-state index is -0.882. The van der Waals surface area contributed by atoms with Crippen molar-refractivity contribution in [3.8, 4) is 5.75 Å². The predicted molar refractivity (Wildman–Crippen MR) is 48.7 cm³/mol. The normalized spacial score (nSPS) is 11.5. The Hall–Kier alpha value is -1.84. The summed E-state index contributed by atoms with van der Waals surface area (Å²) in [5.74, 6) is -0.165. The summed E-state index contributed by atoms with van der Waals surface area (Å²) in [4.78, 5) is 21.1. The van der Waals surface area contributed by atoms with Crippen LogP contribution in [0, 0.1) is 0 Å². The Morgan fingerprint density at radius 3 is 2.57 bits per heavy atom. The van der Waals surface area contributed by atoms with E-state index in [1.807, 2.05) is 6.07 Å². The molecule has 0 aliphatic rings. The molecule has 1 aromatic rings. The third-order valence-corrected chi connectivity index (χ3v) is 1.55. The van der Waals surface area contributed by atoms with Gasteiger partial charge in [-0.1, -0.05) is 18.2 Å². The van der Waals surface area contributed by atoms with Crippen molar-refractivity contribution >= 4 is 12.4 Å². The molecule has 0 aromatic heterocycles. The van der Waals surface area contributed by atoms with Crippen molar-refractivity contribution in [2.75, 3.05) is 0 Å². The fourth-order valence-electron chi connectivity index (χ4n) is 0.827. The summed E-state index contributed by atoms with van der Waals surface area (Å²) < 4.78 is 9.33. The van der Waals surface area contributed by atoms with Crippen molar-refractivity contribution in [3.05, 3.63) is 30.3 Å². The molecular formula is C10H10O4. The molecular weight excluding hydrogens is 184 g/mol. The predicted octanol–water partition coefficient (Wildman–Crippen LogP) is 1.15. The lowest BCUT2D eigenvalue weighted by atomic mass is 10.3. The van der Waals surface area contributed by atoms with Crippen molar-refractivity contribution < 1.29 is 19.1 Å². The first-order valence-corrected chi connectivity index (χ1v) is 4.10. The largest absolute Gasteiger partial charge is 0.453 e. The number of benzene rings is 1. The zero-order chi connectivity index (χ0) is 10.4. The Bertz CT molecular complexity index is 307. The summed E-state index contributed by atoms with van der Waals surface area (Å²) in [6.45, 7) is 1.66. The van der Waals surface area contributed by atoms with E-state index in [4.69, 9.17) is 4.74 Å². The molecule has 0 spiro atoms. The first-order chi connectivity index (χ1) is 6.74. The van der Waals surface area contributed by atoms with Crippen LogP contribution in [0.5, 0.6) is 5.75 Å². The number of carbonyl (C=O) groups is 2. The van der Waals surface area contributed by atoms with Crippen LogP contribution in [0.15, 0.2) is 30.3 Å². The van der Waals surface area contributed by atoms with Crippen molar-refractivity contribution in [2.24, 2.45) is 0 Å². The van der Waals surface area contributed by atoms with Crippen LogP contribution in [0.3, 0.4) is 0 Å². The van der Waals surface area contributed by atoms with Gasteiger partial charge in [-0.2, -0.15) is 0 Å². The van der Waals surface area contributed by atoms with Gasteiger partial charge in [0.05, 0.1) is 0 Å². The van der Waals surface area contributed by atoms with Crippen LogP contribution in [-0.4, -0.2) is 18.5 Å². The van der Waals surface area contributed by atoms with E-state index < -0.39 is 12.1 Å². The van der Waals surface area contributed by atoms with Gasteiger partial charge in [0.2, 0.25) is 0 Å². The van der Waals surface area contributed by atoms with E-state index in [0.29, 0.717) is 5.75 Å². The van der Waals surface area contributed by atoms with Crippen LogP contribution < -0.4 is 4.74 Å². The second kappa shape index (κ2) is 5.01. The third-order valence-electron chi connectivity index (χ3n) is 1.55. The number of hydrogen-bond donors (Lipinski definition) is 0. The molecule has 0 bridgehead atoms. The molecule has 0 aliphatic carbocycles. The van der Waals surface area contributed by atoms with E-state index in [2.05, 4.69) is 4.74 Å². The molecule has 0 fully saturated rings. The van der Waals surface area contributed by atoms with E-state index >= 15 is 0 Å². The van der Waals surface area contributed by atoms with Crippen LogP contribution in [-0.2, 0) is 14.3 Å². The average molecular weight is 194 g/mol. The summed E-state index contributed by atoms with van der Waals surface area (Å²) in [5, 5.41) is 0. The van der Waals surface area contributed by atoms with Gasteiger partial charge in [-0.3, -0.25) is 4.79 Å². The third kappa shape index (κ3) is 2.90. The van der Waals surface area contributed by atoms with E-state index in [1.54, 1.807) is 24.3 Å². The van der Waals surface area contributed by atoms with Crippen molar-refractivity contribution in [1.29, 1.82) is 0 Å². The number of ether oxygens (including phenoxy) is 2. The molecule has 0 radical (unpaired) electrons. The molecule has 0 saturated heterocycles. The molecule has 1 rings (SSSR count). The molecule has 74 valence electrons. The van der Waals surface area contributed by atoms with Crippen LogP contribution in [0.2, 0.25) is 0 Å². The molecule has 1 unspecified atom stereocenters. The molecule has 4 heteroatoms. The standard InChI is InChI=1S/C10H10O4/c1-8(13-7-11)10(12)14-9-5-3-2-4-6-9/h2-8H,1H3. The summed E-state index contributed by atoms with van der Waals surface area (Å²) in [5.41, 5.74) is 0. The first-order valence-electron chi connectivity index (χ1n) is 4.10. The fraction of sp³-hybridized carbons (Fsp3) is 0.200. The van der Waals surface area contributed by atoms with Gasteiger partial charge in [0.25, 0.3) is 6.47 Å². The van der Waals surface area contributed by atoms with Gasteiger partial charge in [0, 0.05) is 0 Å². The SMILES string of the molecule is CC(OC=O)C(=O)Oc1ccccc1. The van der Waals surface area contributed by atoms with Gasteiger partial charge in [-0.05, 0) is 19.1 Å². The minimum Gasteiger partial charge on any atom is -0.453 e. The van der Waals surface area contributed by atoms with E-state index in [-0.39, 0.29) is 6.47 Å². The van der Waals surface area contributed by atoms with Gasteiger partial charge >= 0.3 is 5.97 Å². The Balaban J connectivity index is 2.53. The van der Waals surface area contributed by atoms with Crippen molar-refractivity contribution in [1.82, 2.24) is 0 Å². The highest BCUT2D eigenvalue weighted by molar-refractivity contribution is 5.77. The number of carbonyl (C=O) groups excluding carboxylic acids is 2. The lowest BCUT2D eigenvalue weighted by Crippen LogP contribution is -2.25. The zero-order valence-electron chi connectivity index (χ0n) is 7.67. The van der Waals surface area contributed by atoms with Gasteiger partial charge in [-0.25, -0.2) is 4.79 Å². The highest BCUT2D eigenvalue weighted by Crippen LogP contribution is 2.09. The van der Waals surface area contributed by atoms with Gasteiger partial charge in [0.15, 0.2) is 6.10 Å². The Labute approximate surface area is 81.4 Å². The summed E-state index contributed by atoms with van der Waals surface area (Å²) >= 11 is 0. The maximum atomic E-state index is 11.2. The van der Waals surface area contributed by atoms with Crippen LogP contribution in [0.4, 0.5) is 0 Å². The molecule has 0 N–H and O–H groups in total. The van der Waals surface area contributed by atoms with Crippen LogP contribution >= 0.6 is 0 Å². The Morgan fingerprint density at radius 2 is 2.00 bits per heavy atom. The summed E-state index contributed by atoms with van der Waals surface area (Å²) in [6.07, 6.45) is -0.882. The second-order valence-corrected chi connectivity index (χ2v) is 2.61. The van der Waals surface area contributed by atoms with Crippen molar-refractivity contribution in [3.63, 3.8) is 0 Å². The van der Waals surface area contributed by atoms with E-state index in [9.17, 15) is 9.59 Å². The van der Waals surface area contributed by atoms with E-state index in [0.717, 1.165) is 0 Å². The lowest BCUT2D eigenvalue weighted by molar-refractivity contribution is -0.152. The number of rotatable bonds is 4. The van der Waals surface area contributed by atoms with E-state index in [1.165, 1.54) is 6.92 Å². The van der Waals surface area contributed by atoms with Gasteiger partial charge < -0.3 is 9.47 Å². The minimum absolute atomic E-state index is 0.219. The number of hydrogen-bond acceptors (Lipinski definition) is 4. The summed E-state index contributed by atoms with van der Waals surface area (Å²) in [7, 11) is 0. The van der Waals surface area contributed by atoms with Gasteiger partial charge in [0.1, 0.15) is 5.75 Å². The summed E-state index contributed by atoms with van der Waals surface area (Å²) in [6, 6.07) is 8.58. The average Bonchev–Trinajstić information content (AvgIpc) is 2.19. The molecule has 0 saturated carbocycles. The zero-order valence-corrected chi connectivity index (χ0v) is 7.67. The van der Waals surface area contributed by atoms with Crippen LogP contribution in [0.25, 0.3) is 0 Å². The molecule has 1 aromatic carbocycles. The quantitative estimate of drug-likeness (QED) is 0.410. The highest BCUT2D eigenvalue weighted by Gasteiger charge is 2.15. The Morgan fingerprint density at radius 1 is 1.36 bits per heavy atom. The monoisotopic (exact) mass is 194 g/mol. The smallest absolute Gasteiger partial charge is 0.352 e. The second-order valence-electron chi connectivity index (χ2n) is 2.61. The Kier molecular flexibility index (Phi) is 3.67. The number of para-hydroxylation sites is 1. The molecule has 1 atom stereocenters. The topological polar surface area (TPSA) is 52.6 Å². The lowest BCUT2D eigenvalue weighted by Gasteiger charge is -2.08. The molecule has 14 heavy (non-hydrogen) atoms. The molecule has 0 heterocycles. The molecule has 0 aliphatic heterocycles. The maximum absolute atomic E-state index is 11.2. The highest BCUT2D eigenvalue weighted by atomic mass is 16.6. The van der Waals surface area contributed by atoms with Gasteiger partial charge in [-0.15, -0.1) is 0 Å². The first kappa shape index (κ1) is 10.2.